The number of para-hydroxylation sites is 1. The van der Waals surface area contributed by atoms with Crippen molar-refractivity contribution in [3.8, 4) is 0 Å². The van der Waals surface area contributed by atoms with Gasteiger partial charge in [-0.25, -0.2) is 0 Å². The Hall–Kier alpha value is -1.74. The average Bonchev–Trinajstić information content (AvgIpc) is 2.73. The highest BCUT2D eigenvalue weighted by Crippen LogP contribution is 2.21. The van der Waals surface area contributed by atoms with Gasteiger partial charge in [0.25, 0.3) is 0 Å². The van der Waals surface area contributed by atoms with Gasteiger partial charge in [-0.15, -0.1) is 0 Å². The van der Waals surface area contributed by atoms with Crippen molar-refractivity contribution in [3.05, 3.63) is 48.9 Å². The number of hydrogen-bond acceptors (Lipinski definition) is 3. The Kier molecular flexibility index (Phi) is 3.62. The van der Waals surface area contributed by atoms with Crippen molar-refractivity contribution in [1.29, 1.82) is 0 Å². The van der Waals surface area contributed by atoms with Crippen molar-refractivity contribution in [2.45, 2.75) is 6.61 Å². The first-order chi connectivity index (χ1) is 7.92. The SMILES string of the molecule is C=COCCOCc1coc2ccccc12. The number of ether oxygens (including phenoxy) is 2. The number of furan rings is 1. The quantitative estimate of drug-likeness (QED) is 0.551. The van der Waals surface area contributed by atoms with Crippen LogP contribution in [-0.4, -0.2) is 13.2 Å². The lowest BCUT2D eigenvalue weighted by Gasteiger charge is -2.02. The number of benzene rings is 1. The molecular weight excluding hydrogens is 204 g/mol. The monoisotopic (exact) mass is 218 g/mol. The molecule has 2 aromatic rings. The zero-order valence-corrected chi connectivity index (χ0v) is 9.02. The second kappa shape index (κ2) is 5.37. The Morgan fingerprint density at radius 3 is 3.00 bits per heavy atom. The van der Waals surface area contributed by atoms with E-state index in [1.165, 1.54) is 6.26 Å². The zero-order chi connectivity index (χ0) is 11.2. The summed E-state index contributed by atoms with van der Waals surface area (Å²) in [6.45, 7) is 5.07. The molecule has 0 saturated carbocycles. The number of rotatable bonds is 6. The molecule has 0 unspecified atom stereocenters. The number of hydrogen-bond donors (Lipinski definition) is 0. The van der Waals surface area contributed by atoms with E-state index in [1.54, 1.807) is 6.26 Å². The fourth-order valence-corrected chi connectivity index (χ4v) is 1.52. The van der Waals surface area contributed by atoms with E-state index in [0.717, 1.165) is 16.5 Å². The summed E-state index contributed by atoms with van der Waals surface area (Å²) in [4.78, 5) is 0. The van der Waals surface area contributed by atoms with Gasteiger partial charge in [-0.1, -0.05) is 24.8 Å². The lowest BCUT2D eigenvalue weighted by atomic mass is 10.2. The molecule has 16 heavy (non-hydrogen) atoms. The van der Waals surface area contributed by atoms with E-state index in [0.29, 0.717) is 19.8 Å². The van der Waals surface area contributed by atoms with Gasteiger partial charge >= 0.3 is 0 Å². The minimum Gasteiger partial charge on any atom is -0.499 e. The average molecular weight is 218 g/mol. The Morgan fingerprint density at radius 1 is 1.25 bits per heavy atom. The van der Waals surface area contributed by atoms with E-state index in [2.05, 4.69) is 6.58 Å². The molecule has 2 rings (SSSR count). The molecule has 0 atom stereocenters. The standard InChI is InChI=1S/C13H14O3/c1-2-14-7-8-15-9-11-10-16-13-6-4-3-5-12(11)13/h2-6,10H,1,7-9H2. The first kappa shape index (κ1) is 10.8. The van der Waals surface area contributed by atoms with Crippen LogP contribution in [0.4, 0.5) is 0 Å². The van der Waals surface area contributed by atoms with Gasteiger partial charge < -0.3 is 13.9 Å². The molecule has 84 valence electrons. The topological polar surface area (TPSA) is 31.6 Å². The van der Waals surface area contributed by atoms with Crippen molar-refractivity contribution in [2.24, 2.45) is 0 Å². The highest BCUT2D eigenvalue weighted by Gasteiger charge is 2.04. The lowest BCUT2D eigenvalue weighted by Crippen LogP contribution is -2.00. The molecule has 0 N–H and O–H groups in total. The van der Waals surface area contributed by atoms with Crippen molar-refractivity contribution in [3.63, 3.8) is 0 Å². The second-order valence-electron chi connectivity index (χ2n) is 3.35. The minimum atomic E-state index is 0.527. The van der Waals surface area contributed by atoms with Gasteiger partial charge in [-0.2, -0.15) is 0 Å². The fourth-order valence-electron chi connectivity index (χ4n) is 1.52. The first-order valence-corrected chi connectivity index (χ1v) is 5.17. The Balaban J connectivity index is 1.91. The van der Waals surface area contributed by atoms with Gasteiger partial charge in [0, 0.05) is 10.9 Å². The molecule has 0 aliphatic heterocycles. The van der Waals surface area contributed by atoms with Gasteiger partial charge in [0.1, 0.15) is 12.2 Å². The maximum absolute atomic E-state index is 5.46. The Labute approximate surface area is 94.3 Å². The van der Waals surface area contributed by atoms with E-state index in [1.807, 2.05) is 24.3 Å². The van der Waals surface area contributed by atoms with Crippen molar-refractivity contribution >= 4 is 11.0 Å². The summed E-state index contributed by atoms with van der Waals surface area (Å²) in [7, 11) is 0. The molecule has 0 spiro atoms. The minimum absolute atomic E-state index is 0.527. The van der Waals surface area contributed by atoms with Crippen LogP contribution in [0.3, 0.4) is 0 Å². The molecular formula is C13H14O3. The number of fused-ring (bicyclic) bond motifs is 1. The van der Waals surface area contributed by atoms with Crippen LogP contribution in [0.25, 0.3) is 11.0 Å². The van der Waals surface area contributed by atoms with Crippen LogP contribution in [0.5, 0.6) is 0 Å². The van der Waals surface area contributed by atoms with Crippen LogP contribution in [0.1, 0.15) is 5.56 Å². The third-order valence-corrected chi connectivity index (χ3v) is 2.28. The molecule has 1 heterocycles. The van der Waals surface area contributed by atoms with Gasteiger partial charge in [0.05, 0.1) is 25.7 Å². The predicted octanol–water partition coefficient (Wildman–Crippen LogP) is 3.11. The Morgan fingerprint density at radius 2 is 2.12 bits per heavy atom. The third-order valence-electron chi connectivity index (χ3n) is 2.28. The normalized spacial score (nSPS) is 10.5. The van der Waals surface area contributed by atoms with Gasteiger partial charge in [-0.05, 0) is 6.07 Å². The summed E-state index contributed by atoms with van der Waals surface area (Å²) in [6.07, 6.45) is 3.15. The summed E-state index contributed by atoms with van der Waals surface area (Å²) in [5, 5.41) is 1.10. The van der Waals surface area contributed by atoms with Gasteiger partial charge in [0.2, 0.25) is 0 Å². The second-order valence-corrected chi connectivity index (χ2v) is 3.35. The van der Waals surface area contributed by atoms with E-state index in [-0.39, 0.29) is 0 Å². The first-order valence-electron chi connectivity index (χ1n) is 5.17. The van der Waals surface area contributed by atoms with Crippen LogP contribution < -0.4 is 0 Å². The van der Waals surface area contributed by atoms with Crippen LogP contribution in [0.2, 0.25) is 0 Å². The molecule has 3 nitrogen and oxygen atoms in total. The van der Waals surface area contributed by atoms with Crippen LogP contribution in [0.15, 0.2) is 47.8 Å². The largest absolute Gasteiger partial charge is 0.499 e. The molecule has 0 saturated heterocycles. The van der Waals surface area contributed by atoms with Crippen molar-refractivity contribution in [2.75, 3.05) is 13.2 Å². The lowest BCUT2D eigenvalue weighted by molar-refractivity contribution is 0.0752. The predicted molar refractivity (Wildman–Crippen MR) is 62.0 cm³/mol. The molecule has 0 aliphatic carbocycles. The zero-order valence-electron chi connectivity index (χ0n) is 9.02. The fraction of sp³-hybridized carbons (Fsp3) is 0.231. The van der Waals surface area contributed by atoms with Gasteiger partial charge in [-0.3, -0.25) is 0 Å². The molecule has 0 radical (unpaired) electrons. The smallest absolute Gasteiger partial charge is 0.134 e. The third kappa shape index (κ3) is 2.44. The highest BCUT2D eigenvalue weighted by molar-refractivity contribution is 5.80. The van der Waals surface area contributed by atoms with Crippen molar-refractivity contribution in [1.82, 2.24) is 0 Å². The molecule has 0 amide bonds. The molecule has 1 aromatic carbocycles. The van der Waals surface area contributed by atoms with Crippen LogP contribution >= 0.6 is 0 Å². The highest BCUT2D eigenvalue weighted by atomic mass is 16.5. The summed E-state index contributed by atoms with van der Waals surface area (Å²) < 4.78 is 15.8. The summed E-state index contributed by atoms with van der Waals surface area (Å²) in [5.74, 6) is 0. The molecule has 0 aliphatic rings. The Bertz CT molecular complexity index is 459. The van der Waals surface area contributed by atoms with Crippen molar-refractivity contribution < 1.29 is 13.9 Å². The van der Waals surface area contributed by atoms with Gasteiger partial charge in [0.15, 0.2) is 0 Å². The maximum atomic E-state index is 5.46. The van der Waals surface area contributed by atoms with E-state index < -0.39 is 0 Å². The van der Waals surface area contributed by atoms with Crippen LogP contribution in [0, 0.1) is 0 Å². The molecule has 0 bridgehead atoms. The van der Waals surface area contributed by atoms with E-state index >= 15 is 0 Å². The summed E-state index contributed by atoms with van der Waals surface area (Å²) in [5.41, 5.74) is 1.96. The van der Waals surface area contributed by atoms with E-state index in [4.69, 9.17) is 13.9 Å². The summed E-state index contributed by atoms with van der Waals surface area (Å²) >= 11 is 0. The van der Waals surface area contributed by atoms with E-state index in [9.17, 15) is 0 Å². The molecule has 0 fully saturated rings. The van der Waals surface area contributed by atoms with Crippen LogP contribution in [-0.2, 0) is 16.1 Å². The molecule has 3 heteroatoms. The maximum Gasteiger partial charge on any atom is 0.134 e. The summed E-state index contributed by atoms with van der Waals surface area (Å²) in [6, 6.07) is 7.91. The molecule has 1 aromatic heterocycles.